The molecule has 130 valence electrons. The molecule has 0 spiro atoms. The summed E-state index contributed by atoms with van der Waals surface area (Å²) in [4.78, 5) is 29.0. The molecule has 2 aliphatic rings. The van der Waals surface area contributed by atoms with Crippen molar-refractivity contribution in [3.05, 3.63) is 29.8 Å². The highest BCUT2D eigenvalue weighted by atomic mass is 32.2. The summed E-state index contributed by atoms with van der Waals surface area (Å²) >= 11 is 1.66. The largest absolute Gasteiger partial charge is 0.494 e. The van der Waals surface area contributed by atoms with Crippen molar-refractivity contribution < 1.29 is 14.3 Å². The van der Waals surface area contributed by atoms with Crippen LogP contribution in [0.15, 0.2) is 24.3 Å². The fourth-order valence-electron chi connectivity index (χ4n) is 3.19. The molecule has 1 atom stereocenters. The van der Waals surface area contributed by atoms with E-state index in [1.807, 2.05) is 36.1 Å². The summed E-state index contributed by atoms with van der Waals surface area (Å²) in [6.45, 7) is 4.24. The van der Waals surface area contributed by atoms with Crippen LogP contribution in [0.1, 0.15) is 25.3 Å². The van der Waals surface area contributed by atoms with Crippen molar-refractivity contribution in [2.75, 3.05) is 31.3 Å². The van der Waals surface area contributed by atoms with Crippen molar-refractivity contribution in [3.63, 3.8) is 0 Å². The van der Waals surface area contributed by atoms with E-state index in [0.717, 1.165) is 37.2 Å². The Morgan fingerprint density at radius 3 is 2.58 bits per heavy atom. The molecule has 2 fully saturated rings. The highest BCUT2D eigenvalue weighted by Gasteiger charge is 2.37. The number of rotatable bonds is 5. The Bertz CT molecular complexity index is 584. The molecule has 5 nitrogen and oxygen atoms in total. The van der Waals surface area contributed by atoms with Crippen molar-refractivity contribution in [2.24, 2.45) is 0 Å². The normalized spacial score (nSPS) is 20.5. The van der Waals surface area contributed by atoms with E-state index in [4.69, 9.17) is 4.74 Å². The molecule has 2 aliphatic heterocycles. The molecular formula is C18H24N2O3S. The number of ether oxygens (including phenoxy) is 1. The first-order valence-corrected chi connectivity index (χ1v) is 9.72. The summed E-state index contributed by atoms with van der Waals surface area (Å²) in [5, 5.41) is 0. The van der Waals surface area contributed by atoms with E-state index in [1.165, 1.54) is 0 Å². The number of nitrogens with zero attached hydrogens (tertiary/aromatic N) is 2. The minimum atomic E-state index is -0.289. The molecule has 0 aliphatic carbocycles. The van der Waals surface area contributed by atoms with Gasteiger partial charge in [-0.25, -0.2) is 0 Å². The van der Waals surface area contributed by atoms with Crippen molar-refractivity contribution in [3.8, 4) is 5.75 Å². The molecule has 2 saturated heterocycles. The van der Waals surface area contributed by atoms with Gasteiger partial charge in [0.2, 0.25) is 11.8 Å². The number of benzene rings is 1. The quantitative estimate of drug-likeness (QED) is 0.818. The minimum absolute atomic E-state index is 0.0294. The number of thioether (sulfide) groups is 1. The molecule has 1 aromatic carbocycles. The van der Waals surface area contributed by atoms with Crippen LogP contribution in [0.3, 0.4) is 0 Å². The first kappa shape index (κ1) is 17.1. The molecule has 0 saturated carbocycles. The number of hydrogen-bond acceptors (Lipinski definition) is 4. The van der Waals surface area contributed by atoms with E-state index < -0.39 is 0 Å². The van der Waals surface area contributed by atoms with Crippen molar-refractivity contribution in [1.29, 1.82) is 0 Å². The number of amides is 2. The Kier molecular flexibility index (Phi) is 5.66. The monoisotopic (exact) mass is 348 g/mol. The highest BCUT2D eigenvalue weighted by Crippen LogP contribution is 2.25. The van der Waals surface area contributed by atoms with E-state index in [0.29, 0.717) is 24.7 Å². The van der Waals surface area contributed by atoms with Gasteiger partial charge in [-0.3, -0.25) is 9.59 Å². The summed E-state index contributed by atoms with van der Waals surface area (Å²) in [7, 11) is 0. The zero-order chi connectivity index (χ0) is 16.9. The third-order valence-electron chi connectivity index (χ3n) is 4.50. The molecule has 6 heteroatoms. The fourth-order valence-corrected chi connectivity index (χ4v) is 4.36. The van der Waals surface area contributed by atoms with Crippen LogP contribution in [-0.2, 0) is 16.0 Å². The van der Waals surface area contributed by atoms with Gasteiger partial charge in [-0.15, -0.1) is 11.8 Å². The first-order chi connectivity index (χ1) is 11.7. The van der Waals surface area contributed by atoms with Crippen LogP contribution in [-0.4, -0.2) is 59.0 Å². The Morgan fingerprint density at radius 2 is 1.92 bits per heavy atom. The van der Waals surface area contributed by atoms with Crippen LogP contribution in [0.25, 0.3) is 0 Å². The maximum Gasteiger partial charge on any atom is 0.246 e. The lowest BCUT2D eigenvalue weighted by atomic mass is 10.1. The van der Waals surface area contributed by atoms with Gasteiger partial charge in [0, 0.05) is 18.8 Å². The van der Waals surface area contributed by atoms with E-state index in [9.17, 15) is 9.59 Å². The molecule has 3 rings (SSSR count). The predicted molar refractivity (Wildman–Crippen MR) is 95.1 cm³/mol. The Labute approximate surface area is 147 Å². The topological polar surface area (TPSA) is 49.9 Å². The lowest BCUT2D eigenvalue weighted by molar-refractivity contribution is -0.142. The predicted octanol–water partition coefficient (Wildman–Crippen LogP) is 2.15. The van der Waals surface area contributed by atoms with Gasteiger partial charge in [-0.1, -0.05) is 12.1 Å². The summed E-state index contributed by atoms with van der Waals surface area (Å²) < 4.78 is 5.42. The van der Waals surface area contributed by atoms with E-state index in [2.05, 4.69) is 0 Å². The van der Waals surface area contributed by atoms with Crippen LogP contribution in [0.4, 0.5) is 0 Å². The van der Waals surface area contributed by atoms with Crippen LogP contribution < -0.4 is 4.74 Å². The summed E-state index contributed by atoms with van der Waals surface area (Å²) in [6.07, 6.45) is 2.48. The molecule has 0 N–H and O–H groups in total. The third-order valence-corrected chi connectivity index (χ3v) is 5.51. The number of carbonyl (C=O) groups excluding carboxylic acids is 2. The van der Waals surface area contributed by atoms with Crippen LogP contribution >= 0.6 is 11.8 Å². The zero-order valence-corrected chi connectivity index (χ0v) is 14.9. The number of hydrogen-bond donors (Lipinski definition) is 0. The van der Waals surface area contributed by atoms with E-state index in [-0.39, 0.29) is 17.9 Å². The van der Waals surface area contributed by atoms with Crippen molar-refractivity contribution in [1.82, 2.24) is 9.80 Å². The Morgan fingerprint density at radius 1 is 1.21 bits per heavy atom. The maximum absolute atomic E-state index is 12.7. The van der Waals surface area contributed by atoms with Gasteiger partial charge in [0.25, 0.3) is 0 Å². The molecule has 24 heavy (non-hydrogen) atoms. The molecule has 0 bridgehead atoms. The second-order valence-corrected chi connectivity index (χ2v) is 7.17. The highest BCUT2D eigenvalue weighted by molar-refractivity contribution is 7.99. The van der Waals surface area contributed by atoms with Gasteiger partial charge in [0.1, 0.15) is 11.8 Å². The minimum Gasteiger partial charge on any atom is -0.494 e. The Balaban J connectivity index is 1.61. The van der Waals surface area contributed by atoms with E-state index in [1.54, 1.807) is 16.7 Å². The van der Waals surface area contributed by atoms with E-state index >= 15 is 0 Å². The van der Waals surface area contributed by atoms with Gasteiger partial charge in [-0.2, -0.15) is 0 Å². The molecule has 1 aromatic rings. The van der Waals surface area contributed by atoms with Gasteiger partial charge in [-0.05, 0) is 37.5 Å². The third kappa shape index (κ3) is 3.86. The van der Waals surface area contributed by atoms with Crippen molar-refractivity contribution >= 4 is 23.6 Å². The molecule has 0 aromatic heterocycles. The lowest BCUT2D eigenvalue weighted by Crippen LogP contribution is -2.48. The maximum atomic E-state index is 12.7. The van der Waals surface area contributed by atoms with Crippen LogP contribution in [0.5, 0.6) is 5.75 Å². The number of likely N-dealkylation sites (tertiary alicyclic amines) is 1. The van der Waals surface area contributed by atoms with Gasteiger partial charge in [0.05, 0.1) is 18.9 Å². The van der Waals surface area contributed by atoms with Gasteiger partial charge >= 0.3 is 0 Å². The van der Waals surface area contributed by atoms with Crippen LogP contribution in [0.2, 0.25) is 0 Å². The van der Waals surface area contributed by atoms with Gasteiger partial charge in [0.15, 0.2) is 0 Å². The summed E-state index contributed by atoms with van der Waals surface area (Å²) in [6, 6.07) is 7.32. The number of carbonyl (C=O) groups is 2. The second kappa shape index (κ2) is 7.92. The Hall–Kier alpha value is -1.69. The summed E-state index contributed by atoms with van der Waals surface area (Å²) in [5.41, 5.74) is 0.952. The average molecular weight is 348 g/mol. The SMILES string of the molecule is CCOc1ccc(CC(=O)N2CSCC2C(=O)N2CCCC2)cc1. The summed E-state index contributed by atoms with van der Waals surface area (Å²) in [5.74, 6) is 2.29. The fraction of sp³-hybridized carbons (Fsp3) is 0.556. The molecule has 1 unspecified atom stereocenters. The molecule has 2 heterocycles. The standard InChI is InChI=1S/C18H24N2O3S/c1-2-23-15-7-5-14(6-8-15)11-17(21)20-13-24-12-16(20)18(22)19-9-3-4-10-19/h5-8,16H,2-4,9-13H2,1H3. The smallest absolute Gasteiger partial charge is 0.246 e. The zero-order valence-electron chi connectivity index (χ0n) is 14.1. The lowest BCUT2D eigenvalue weighted by Gasteiger charge is -2.27. The first-order valence-electron chi connectivity index (χ1n) is 8.56. The van der Waals surface area contributed by atoms with Crippen LogP contribution in [0, 0.1) is 0 Å². The average Bonchev–Trinajstić information content (AvgIpc) is 3.28. The van der Waals surface area contributed by atoms with Crippen molar-refractivity contribution in [2.45, 2.75) is 32.2 Å². The second-order valence-electron chi connectivity index (χ2n) is 6.17. The van der Waals surface area contributed by atoms with Gasteiger partial charge < -0.3 is 14.5 Å². The molecule has 0 radical (unpaired) electrons. The molecular weight excluding hydrogens is 324 g/mol. The molecule has 2 amide bonds.